The third-order valence-electron chi connectivity index (χ3n) is 7.11. The topological polar surface area (TPSA) is 106 Å². The third-order valence-corrected chi connectivity index (χ3v) is 7.11. The van der Waals surface area contributed by atoms with Gasteiger partial charge in [0.15, 0.2) is 11.5 Å². The highest BCUT2D eigenvalue weighted by Crippen LogP contribution is 2.36. The minimum Gasteiger partial charge on any atom is -0.493 e. The van der Waals surface area contributed by atoms with Gasteiger partial charge in [-0.3, -0.25) is 4.90 Å². The molecule has 2 atom stereocenters. The molecule has 2 aliphatic rings. The molecule has 9 nitrogen and oxygen atoms in total. The monoisotopic (exact) mass is 490 g/mol. The van der Waals surface area contributed by atoms with Gasteiger partial charge in [0, 0.05) is 42.8 Å². The lowest BCUT2D eigenvalue weighted by Gasteiger charge is -2.36. The van der Waals surface area contributed by atoms with Gasteiger partial charge in [-0.15, -0.1) is 0 Å². The number of rotatable bonds is 5. The van der Waals surface area contributed by atoms with E-state index < -0.39 is 0 Å². The minimum absolute atomic E-state index is 0.0551. The fraction of sp³-hybridized carbons (Fsp3) is 0.444. The molecule has 36 heavy (non-hydrogen) atoms. The molecule has 0 bridgehead atoms. The molecule has 190 valence electrons. The molecule has 5 rings (SSSR count). The number of nitrogens with zero attached hydrogens (tertiary/aromatic N) is 4. The molecule has 2 saturated heterocycles. The van der Waals surface area contributed by atoms with Crippen molar-refractivity contribution in [3.05, 3.63) is 47.3 Å². The fourth-order valence-corrected chi connectivity index (χ4v) is 5.30. The van der Waals surface area contributed by atoms with E-state index in [-0.39, 0.29) is 12.1 Å². The van der Waals surface area contributed by atoms with Crippen molar-refractivity contribution in [1.29, 1.82) is 0 Å². The molecule has 2 unspecified atom stereocenters. The summed E-state index contributed by atoms with van der Waals surface area (Å²) < 4.78 is 11.5. The average molecular weight is 491 g/mol. The summed E-state index contributed by atoms with van der Waals surface area (Å²) in [5, 5.41) is 4.25. The van der Waals surface area contributed by atoms with Crippen LogP contribution in [0.1, 0.15) is 42.8 Å². The van der Waals surface area contributed by atoms with E-state index in [0.717, 1.165) is 41.7 Å². The Hall–Kier alpha value is -3.59. The van der Waals surface area contributed by atoms with Crippen molar-refractivity contribution in [3.63, 3.8) is 0 Å². The minimum atomic E-state index is -0.356. The Balaban J connectivity index is 1.43. The Morgan fingerprint density at radius 2 is 1.94 bits per heavy atom. The van der Waals surface area contributed by atoms with Crippen molar-refractivity contribution in [3.8, 4) is 11.5 Å². The highest BCUT2D eigenvalue weighted by atomic mass is 16.6. The molecule has 2 fully saturated rings. The Kier molecular flexibility index (Phi) is 6.57. The Bertz CT molecular complexity index is 1280. The molecule has 9 heteroatoms. The molecule has 3 aromatic rings. The van der Waals surface area contributed by atoms with Gasteiger partial charge >= 0.3 is 6.09 Å². The molecule has 2 aliphatic heterocycles. The number of fused-ring (bicyclic) bond motifs is 2. The number of aryl methyl sites for hydroxylation is 2. The first-order chi connectivity index (χ1) is 17.3. The molecule has 2 aromatic carbocycles. The van der Waals surface area contributed by atoms with Crippen LogP contribution in [-0.2, 0) is 0 Å². The summed E-state index contributed by atoms with van der Waals surface area (Å²) in [6.07, 6.45) is 1.96. The van der Waals surface area contributed by atoms with E-state index in [4.69, 9.17) is 15.2 Å². The molecule has 0 radical (unpaired) electrons. The van der Waals surface area contributed by atoms with Crippen LogP contribution in [0, 0.1) is 13.8 Å². The van der Waals surface area contributed by atoms with Crippen molar-refractivity contribution in [2.24, 2.45) is 0 Å². The number of amides is 1. The molecule has 0 aliphatic carbocycles. The maximum atomic E-state index is 13.1. The summed E-state index contributed by atoms with van der Waals surface area (Å²) in [6, 6.07) is 9.96. The molecule has 1 amide bonds. The van der Waals surface area contributed by atoms with Gasteiger partial charge in [0.1, 0.15) is 11.6 Å². The van der Waals surface area contributed by atoms with Crippen LogP contribution >= 0.6 is 0 Å². The van der Waals surface area contributed by atoms with Crippen LogP contribution in [0.5, 0.6) is 11.5 Å². The van der Waals surface area contributed by atoms with E-state index in [1.807, 2.05) is 26.0 Å². The van der Waals surface area contributed by atoms with Gasteiger partial charge in [-0.1, -0.05) is 6.07 Å². The van der Waals surface area contributed by atoms with E-state index in [2.05, 4.69) is 33.2 Å². The number of benzene rings is 2. The molecule has 1 aromatic heterocycles. The number of nitrogen functional groups attached to an aromatic ring is 1. The van der Waals surface area contributed by atoms with Gasteiger partial charge < -0.3 is 25.4 Å². The predicted molar refractivity (Wildman–Crippen MR) is 141 cm³/mol. The molecule has 3 N–H and O–H groups in total. The van der Waals surface area contributed by atoms with Crippen LogP contribution < -0.4 is 20.5 Å². The van der Waals surface area contributed by atoms with Crippen LogP contribution in [0.15, 0.2) is 30.3 Å². The number of hydrogen-bond donors (Lipinski definition) is 2. The molecular weight excluding hydrogens is 456 g/mol. The number of nitrogens with two attached hydrogens (primary N) is 1. The van der Waals surface area contributed by atoms with Crippen LogP contribution in [0.4, 0.5) is 16.3 Å². The average Bonchev–Trinajstić information content (AvgIpc) is 3.31. The van der Waals surface area contributed by atoms with Gasteiger partial charge in [-0.05, 0) is 69.5 Å². The highest BCUT2D eigenvalue weighted by Gasteiger charge is 2.33. The number of anilines is 2. The first kappa shape index (κ1) is 24.1. The second-order valence-electron chi connectivity index (χ2n) is 9.83. The van der Waals surface area contributed by atoms with E-state index >= 15 is 0 Å². The van der Waals surface area contributed by atoms with E-state index in [9.17, 15) is 4.79 Å². The number of piperazine rings is 1. The first-order valence-corrected chi connectivity index (χ1v) is 12.5. The third kappa shape index (κ3) is 4.88. The maximum absolute atomic E-state index is 13.1. The lowest BCUT2D eigenvalue weighted by atomic mass is 10.0. The number of carbonyl (C=O) groups is 1. The highest BCUT2D eigenvalue weighted by molar-refractivity contribution is 5.92. The Labute approximate surface area is 211 Å². The zero-order chi connectivity index (χ0) is 25.4. The van der Waals surface area contributed by atoms with Crippen LogP contribution in [-0.4, -0.2) is 65.2 Å². The van der Waals surface area contributed by atoms with Crippen molar-refractivity contribution in [1.82, 2.24) is 19.8 Å². The van der Waals surface area contributed by atoms with E-state index in [1.54, 1.807) is 24.1 Å². The number of methoxy groups -OCH3 is 1. The first-order valence-electron chi connectivity index (χ1n) is 12.5. The quantitative estimate of drug-likeness (QED) is 0.510. The Morgan fingerprint density at radius 1 is 1.11 bits per heavy atom. The van der Waals surface area contributed by atoms with Crippen LogP contribution in [0.2, 0.25) is 0 Å². The smallest absolute Gasteiger partial charge is 0.415 e. The van der Waals surface area contributed by atoms with E-state index in [0.29, 0.717) is 47.8 Å². The zero-order valence-electron chi connectivity index (χ0n) is 21.4. The van der Waals surface area contributed by atoms with Gasteiger partial charge in [0.25, 0.3) is 0 Å². The standard InChI is InChI=1S/C27H34N6O3/c1-16-10-19(12-20(28)11-16)17(2)29-26-22-13-25(24(35-4)14-23(22)30-18(3)31-26)36-27(34)33-9-8-32-7-5-6-21(32)15-33/h10-14,17,21H,5-9,15,28H2,1-4H3,(H,29,30,31). The summed E-state index contributed by atoms with van der Waals surface area (Å²) in [7, 11) is 1.56. The number of aromatic nitrogens is 2. The van der Waals surface area contributed by atoms with Gasteiger partial charge in [-0.2, -0.15) is 0 Å². The lowest BCUT2D eigenvalue weighted by molar-refractivity contribution is 0.0928. The van der Waals surface area contributed by atoms with Gasteiger partial charge in [-0.25, -0.2) is 14.8 Å². The number of nitrogens with one attached hydrogen (secondary N) is 1. The van der Waals surface area contributed by atoms with Crippen LogP contribution in [0.25, 0.3) is 10.9 Å². The van der Waals surface area contributed by atoms with Gasteiger partial charge in [0.05, 0.1) is 18.7 Å². The van der Waals surface area contributed by atoms with E-state index in [1.165, 1.54) is 6.42 Å². The largest absolute Gasteiger partial charge is 0.493 e. The fourth-order valence-electron chi connectivity index (χ4n) is 5.30. The summed E-state index contributed by atoms with van der Waals surface area (Å²) in [5.74, 6) is 2.09. The molecule has 0 spiro atoms. The lowest BCUT2D eigenvalue weighted by Crippen LogP contribution is -2.52. The van der Waals surface area contributed by atoms with Crippen molar-refractivity contribution in [2.75, 3.05) is 44.3 Å². The van der Waals surface area contributed by atoms with Gasteiger partial charge in [0.2, 0.25) is 0 Å². The molecule has 0 saturated carbocycles. The second kappa shape index (κ2) is 9.81. The van der Waals surface area contributed by atoms with Crippen molar-refractivity contribution < 1.29 is 14.3 Å². The SMILES string of the molecule is COc1cc2nc(C)nc(NC(C)c3cc(C)cc(N)c3)c2cc1OC(=O)N1CCN2CCCC2C1. The Morgan fingerprint density at radius 3 is 2.72 bits per heavy atom. The number of carbonyl (C=O) groups excluding carboxylic acids is 1. The summed E-state index contributed by atoms with van der Waals surface area (Å²) in [6.45, 7) is 9.30. The molecular formula is C27H34N6O3. The summed E-state index contributed by atoms with van der Waals surface area (Å²) in [5.41, 5.74) is 9.65. The maximum Gasteiger partial charge on any atom is 0.415 e. The van der Waals surface area contributed by atoms with Crippen molar-refractivity contribution >= 4 is 28.5 Å². The predicted octanol–water partition coefficient (Wildman–Crippen LogP) is 4.29. The second-order valence-corrected chi connectivity index (χ2v) is 9.83. The zero-order valence-corrected chi connectivity index (χ0v) is 21.4. The van der Waals surface area contributed by atoms with Crippen LogP contribution in [0.3, 0.4) is 0 Å². The molecule has 3 heterocycles. The van der Waals surface area contributed by atoms with Crippen molar-refractivity contribution in [2.45, 2.75) is 45.7 Å². The normalized spacial score (nSPS) is 18.7. The number of hydrogen-bond acceptors (Lipinski definition) is 8. The summed E-state index contributed by atoms with van der Waals surface area (Å²) in [4.78, 5) is 26.6. The summed E-state index contributed by atoms with van der Waals surface area (Å²) >= 11 is 0. The number of ether oxygens (including phenoxy) is 2.